The molecule has 1 aliphatic heterocycles. The number of esters is 1. The van der Waals surface area contributed by atoms with Gasteiger partial charge in [-0.05, 0) is 20.8 Å². The quantitative estimate of drug-likeness (QED) is 0.656. The summed E-state index contributed by atoms with van der Waals surface area (Å²) in [6, 6.07) is -1.94. The van der Waals surface area contributed by atoms with Gasteiger partial charge in [-0.15, -0.1) is 0 Å². The van der Waals surface area contributed by atoms with Gasteiger partial charge in [0.2, 0.25) is 11.8 Å². The molecule has 0 aromatic rings. The number of aliphatic carboxylic acids is 1. The van der Waals surface area contributed by atoms with Crippen LogP contribution in [-0.4, -0.2) is 70.4 Å². The van der Waals surface area contributed by atoms with Gasteiger partial charge in [-0.25, -0.2) is 9.59 Å². The van der Waals surface area contributed by atoms with E-state index in [1.807, 2.05) is 0 Å². The second-order valence-corrected chi connectivity index (χ2v) is 4.49. The van der Waals surface area contributed by atoms with Crippen molar-refractivity contribution < 1.29 is 29.0 Å². The van der Waals surface area contributed by atoms with E-state index < -0.39 is 35.8 Å². The van der Waals surface area contributed by atoms with Gasteiger partial charge >= 0.3 is 11.9 Å². The molecule has 0 aliphatic carbocycles. The minimum absolute atomic E-state index is 0.182. The van der Waals surface area contributed by atoms with Crippen LogP contribution in [0.2, 0.25) is 0 Å². The topological polar surface area (TPSA) is 104 Å². The molecule has 1 fully saturated rings. The number of ether oxygens (including phenoxy) is 1. The van der Waals surface area contributed by atoms with Gasteiger partial charge in [0.25, 0.3) is 0 Å². The predicted molar refractivity (Wildman–Crippen MR) is 66.6 cm³/mol. The summed E-state index contributed by atoms with van der Waals surface area (Å²) in [4.78, 5) is 48.4. The van der Waals surface area contributed by atoms with Crippen LogP contribution in [0.4, 0.5) is 0 Å². The fraction of sp³-hybridized carbons (Fsp3) is 0.667. The van der Waals surface area contributed by atoms with Crippen LogP contribution in [0.3, 0.4) is 0 Å². The van der Waals surface area contributed by atoms with Crippen molar-refractivity contribution in [2.24, 2.45) is 0 Å². The highest BCUT2D eigenvalue weighted by Gasteiger charge is 2.38. The van der Waals surface area contributed by atoms with E-state index in [0.717, 1.165) is 9.80 Å². The molecule has 2 amide bonds. The molecule has 0 unspecified atom stereocenters. The summed E-state index contributed by atoms with van der Waals surface area (Å²) in [7, 11) is 0. The third-order valence-corrected chi connectivity index (χ3v) is 3.17. The van der Waals surface area contributed by atoms with Crippen LogP contribution in [0.15, 0.2) is 0 Å². The van der Waals surface area contributed by atoms with E-state index in [-0.39, 0.29) is 19.7 Å². The molecule has 1 heterocycles. The van der Waals surface area contributed by atoms with E-state index in [1.165, 1.54) is 13.8 Å². The van der Waals surface area contributed by atoms with E-state index >= 15 is 0 Å². The smallest absolute Gasteiger partial charge is 0.328 e. The van der Waals surface area contributed by atoms with Crippen LogP contribution < -0.4 is 0 Å². The lowest BCUT2D eigenvalue weighted by atomic mass is 10.1. The summed E-state index contributed by atoms with van der Waals surface area (Å²) in [5.74, 6) is -2.75. The molecule has 1 aliphatic rings. The van der Waals surface area contributed by atoms with Crippen molar-refractivity contribution in [2.75, 3.05) is 19.7 Å². The summed E-state index contributed by atoms with van der Waals surface area (Å²) in [5, 5.41) is 8.88. The average Bonchev–Trinajstić information content (AvgIpc) is 2.39. The molecule has 112 valence electrons. The van der Waals surface area contributed by atoms with Crippen LogP contribution in [0, 0.1) is 0 Å². The summed E-state index contributed by atoms with van der Waals surface area (Å²) in [6.07, 6.45) is 0. The third kappa shape index (κ3) is 3.25. The number of hydrogen-bond donors (Lipinski definition) is 1. The summed E-state index contributed by atoms with van der Waals surface area (Å²) in [6.45, 7) is 3.95. The maximum atomic E-state index is 12.0. The van der Waals surface area contributed by atoms with Gasteiger partial charge in [-0.1, -0.05) is 0 Å². The molecule has 0 aromatic heterocycles. The van der Waals surface area contributed by atoms with Crippen molar-refractivity contribution in [1.29, 1.82) is 0 Å². The number of carbonyl (C=O) groups excluding carboxylic acids is 3. The highest BCUT2D eigenvalue weighted by atomic mass is 16.5. The lowest BCUT2D eigenvalue weighted by molar-refractivity contribution is -0.164. The molecular weight excluding hydrogens is 268 g/mol. The van der Waals surface area contributed by atoms with Gasteiger partial charge < -0.3 is 19.6 Å². The van der Waals surface area contributed by atoms with E-state index in [2.05, 4.69) is 0 Å². The van der Waals surface area contributed by atoms with Crippen molar-refractivity contribution in [3.8, 4) is 0 Å². The fourth-order valence-corrected chi connectivity index (χ4v) is 1.88. The van der Waals surface area contributed by atoms with Crippen molar-refractivity contribution in [3.05, 3.63) is 0 Å². The highest BCUT2D eigenvalue weighted by molar-refractivity contribution is 5.97. The van der Waals surface area contributed by atoms with Gasteiger partial charge in [0.05, 0.1) is 6.61 Å². The molecule has 1 N–H and O–H groups in total. The average molecular weight is 286 g/mol. The Morgan fingerprint density at radius 1 is 1.15 bits per heavy atom. The zero-order chi connectivity index (χ0) is 15.4. The molecule has 0 spiro atoms. The largest absolute Gasteiger partial charge is 0.480 e. The molecule has 0 bridgehead atoms. The number of carboxylic acids is 1. The number of carbonyl (C=O) groups is 4. The maximum Gasteiger partial charge on any atom is 0.328 e. The van der Waals surface area contributed by atoms with Crippen molar-refractivity contribution in [1.82, 2.24) is 9.80 Å². The summed E-state index contributed by atoms with van der Waals surface area (Å²) >= 11 is 0. The first-order valence-corrected chi connectivity index (χ1v) is 6.28. The highest BCUT2D eigenvalue weighted by Crippen LogP contribution is 2.13. The molecule has 20 heavy (non-hydrogen) atoms. The number of nitrogens with zero attached hydrogens (tertiary/aromatic N) is 2. The van der Waals surface area contributed by atoms with Crippen LogP contribution in [0.1, 0.15) is 20.8 Å². The first kappa shape index (κ1) is 15.9. The monoisotopic (exact) mass is 286 g/mol. The van der Waals surface area contributed by atoms with Crippen molar-refractivity contribution in [2.45, 2.75) is 32.9 Å². The van der Waals surface area contributed by atoms with Crippen LogP contribution in [0.5, 0.6) is 0 Å². The molecule has 2 atom stereocenters. The Hall–Kier alpha value is -2.12. The molecular formula is C12H18N2O6. The van der Waals surface area contributed by atoms with Crippen LogP contribution in [0.25, 0.3) is 0 Å². The standard InChI is InChI=1S/C12H18N2O6/c1-4-20-12(19)8(3)14-6-9(15)13(5-10(14)16)7(2)11(17)18/h7-8H,4-6H2,1-3H3,(H,17,18)/t7-,8-/m0/s1. The van der Waals surface area contributed by atoms with Gasteiger partial charge in [-0.3, -0.25) is 9.59 Å². The Morgan fingerprint density at radius 2 is 1.60 bits per heavy atom. The molecule has 1 saturated heterocycles. The summed E-state index contributed by atoms with van der Waals surface area (Å²) in [5.41, 5.74) is 0. The van der Waals surface area contributed by atoms with Gasteiger partial charge in [0.15, 0.2) is 0 Å². The molecule has 8 nitrogen and oxygen atoms in total. The predicted octanol–water partition coefficient (Wildman–Crippen LogP) is -0.918. The Balaban J connectivity index is 2.79. The Morgan fingerprint density at radius 3 is 2.00 bits per heavy atom. The van der Waals surface area contributed by atoms with E-state index in [0.29, 0.717) is 0 Å². The van der Waals surface area contributed by atoms with E-state index in [9.17, 15) is 19.2 Å². The normalized spacial score (nSPS) is 18.8. The van der Waals surface area contributed by atoms with Crippen LogP contribution in [-0.2, 0) is 23.9 Å². The second kappa shape index (κ2) is 6.36. The minimum Gasteiger partial charge on any atom is -0.480 e. The zero-order valence-corrected chi connectivity index (χ0v) is 11.7. The van der Waals surface area contributed by atoms with Crippen LogP contribution >= 0.6 is 0 Å². The SMILES string of the molecule is CCOC(=O)[C@H](C)N1CC(=O)N([C@@H](C)C(=O)O)CC1=O. The fourth-order valence-electron chi connectivity index (χ4n) is 1.88. The summed E-state index contributed by atoms with van der Waals surface area (Å²) < 4.78 is 4.80. The molecule has 8 heteroatoms. The zero-order valence-electron chi connectivity index (χ0n) is 11.7. The van der Waals surface area contributed by atoms with Gasteiger partial charge in [0, 0.05) is 0 Å². The Bertz CT molecular complexity index is 436. The van der Waals surface area contributed by atoms with Gasteiger partial charge in [-0.2, -0.15) is 0 Å². The lowest BCUT2D eigenvalue weighted by Crippen LogP contribution is -2.60. The van der Waals surface area contributed by atoms with E-state index in [1.54, 1.807) is 6.92 Å². The Labute approximate surface area is 116 Å². The van der Waals surface area contributed by atoms with Crippen molar-refractivity contribution in [3.63, 3.8) is 0 Å². The van der Waals surface area contributed by atoms with Gasteiger partial charge in [0.1, 0.15) is 25.2 Å². The van der Waals surface area contributed by atoms with E-state index in [4.69, 9.17) is 9.84 Å². The number of piperazine rings is 1. The minimum atomic E-state index is -1.18. The first-order valence-electron chi connectivity index (χ1n) is 6.28. The molecule has 0 saturated carbocycles. The first-order chi connectivity index (χ1) is 9.29. The number of amides is 2. The second-order valence-electron chi connectivity index (χ2n) is 4.49. The third-order valence-electron chi connectivity index (χ3n) is 3.17. The molecule has 1 rings (SSSR count). The maximum absolute atomic E-state index is 12.0. The molecule has 0 aromatic carbocycles. The Kier molecular flexibility index (Phi) is 5.06. The lowest BCUT2D eigenvalue weighted by Gasteiger charge is -2.37. The number of hydrogen-bond acceptors (Lipinski definition) is 5. The number of rotatable bonds is 5. The number of carboxylic acid groups (broad SMARTS) is 1. The van der Waals surface area contributed by atoms with Crippen molar-refractivity contribution >= 4 is 23.8 Å². The molecule has 0 radical (unpaired) electrons.